The minimum Gasteiger partial charge on any atom is -0.402 e. The molecule has 0 saturated carbocycles. The van der Waals surface area contributed by atoms with Crippen molar-refractivity contribution in [3.8, 4) is 0 Å². The average Bonchev–Trinajstić information content (AvgIpc) is 2.37. The first-order valence-corrected chi connectivity index (χ1v) is 8.25. The fraction of sp³-hybridized carbons (Fsp3) is 0.846. The molecule has 106 valence electrons. The molecule has 3 nitrogen and oxygen atoms in total. The molecule has 1 fully saturated rings. The van der Waals surface area contributed by atoms with Gasteiger partial charge in [0.1, 0.15) is 0 Å². The smallest absolute Gasteiger partial charge is 0.158 e. The van der Waals surface area contributed by atoms with Crippen molar-refractivity contribution in [1.29, 1.82) is 0 Å². The van der Waals surface area contributed by atoms with Gasteiger partial charge in [-0.1, -0.05) is 5.57 Å². The van der Waals surface area contributed by atoms with E-state index in [0.717, 1.165) is 18.5 Å². The molecule has 1 aliphatic rings. The van der Waals surface area contributed by atoms with E-state index in [1.54, 1.807) is 14.2 Å². The third kappa shape index (κ3) is 4.68. The van der Waals surface area contributed by atoms with E-state index in [1.807, 2.05) is 30.4 Å². The molecule has 0 unspecified atom stereocenters. The van der Waals surface area contributed by atoms with E-state index in [-0.39, 0.29) is 10.4 Å². The van der Waals surface area contributed by atoms with Crippen LogP contribution in [0.1, 0.15) is 33.1 Å². The molecule has 5 heteroatoms. The van der Waals surface area contributed by atoms with Crippen molar-refractivity contribution in [1.82, 2.24) is 0 Å². The second-order valence-corrected chi connectivity index (χ2v) is 7.92. The Morgan fingerprint density at radius 3 is 2.22 bits per heavy atom. The van der Waals surface area contributed by atoms with Crippen LogP contribution in [0.4, 0.5) is 0 Å². The first kappa shape index (κ1) is 16.2. The fourth-order valence-electron chi connectivity index (χ4n) is 1.97. The Kier molecular flexibility index (Phi) is 6.92. The van der Waals surface area contributed by atoms with Crippen LogP contribution in [0, 0.1) is 0 Å². The molecule has 2 N–H and O–H groups in total. The standard InChI is InChI=1S/C13H25NO2S2/c1-10(11(2)14)8-13(9-12(15-3)16-4)17-6-5-7-18-13/h12H,5-9,14H2,1-4H3/b11-10+. The van der Waals surface area contributed by atoms with Crippen molar-refractivity contribution < 1.29 is 9.47 Å². The van der Waals surface area contributed by atoms with Crippen LogP contribution in [-0.2, 0) is 9.47 Å². The molecule has 0 aromatic carbocycles. The molecule has 1 aliphatic heterocycles. The highest BCUT2D eigenvalue weighted by molar-refractivity contribution is 8.18. The van der Waals surface area contributed by atoms with Crippen molar-refractivity contribution in [3.63, 3.8) is 0 Å². The topological polar surface area (TPSA) is 44.5 Å². The summed E-state index contributed by atoms with van der Waals surface area (Å²) in [4.78, 5) is 0. The summed E-state index contributed by atoms with van der Waals surface area (Å²) in [5.74, 6) is 2.42. The van der Waals surface area contributed by atoms with E-state index in [1.165, 1.54) is 23.5 Å². The number of thioether (sulfide) groups is 2. The van der Waals surface area contributed by atoms with Crippen LogP contribution in [0.2, 0.25) is 0 Å². The number of allylic oxidation sites excluding steroid dienone is 2. The van der Waals surface area contributed by atoms with Crippen LogP contribution in [0.3, 0.4) is 0 Å². The SMILES string of the molecule is COC(CC1(C/C(C)=C(\C)N)SCCCS1)OC. The second kappa shape index (κ2) is 7.68. The maximum atomic E-state index is 5.91. The zero-order valence-corrected chi connectivity index (χ0v) is 13.5. The third-order valence-electron chi connectivity index (χ3n) is 3.23. The Bertz CT molecular complexity index is 281. The molecule has 0 aromatic rings. The molecule has 0 spiro atoms. The lowest BCUT2D eigenvalue weighted by atomic mass is 10.1. The lowest BCUT2D eigenvalue weighted by Crippen LogP contribution is -2.32. The minimum atomic E-state index is -0.131. The van der Waals surface area contributed by atoms with E-state index >= 15 is 0 Å². The average molecular weight is 291 g/mol. The molecule has 0 bridgehead atoms. The van der Waals surface area contributed by atoms with Gasteiger partial charge in [0.25, 0.3) is 0 Å². The Morgan fingerprint density at radius 2 is 1.78 bits per heavy atom. The molecule has 0 aliphatic carbocycles. The van der Waals surface area contributed by atoms with Gasteiger partial charge in [-0.2, -0.15) is 0 Å². The lowest BCUT2D eigenvalue weighted by Gasteiger charge is -2.38. The van der Waals surface area contributed by atoms with E-state index < -0.39 is 0 Å². The Morgan fingerprint density at radius 1 is 1.22 bits per heavy atom. The predicted molar refractivity (Wildman–Crippen MR) is 81.9 cm³/mol. The Labute approximate surface area is 119 Å². The number of nitrogens with two attached hydrogens (primary N) is 1. The van der Waals surface area contributed by atoms with Crippen LogP contribution >= 0.6 is 23.5 Å². The molecule has 0 radical (unpaired) electrons. The van der Waals surface area contributed by atoms with Gasteiger partial charge in [-0.05, 0) is 38.2 Å². The molecule has 0 atom stereocenters. The van der Waals surface area contributed by atoms with Gasteiger partial charge in [0.2, 0.25) is 0 Å². The summed E-state index contributed by atoms with van der Waals surface area (Å²) < 4.78 is 10.9. The first-order chi connectivity index (χ1) is 8.53. The van der Waals surface area contributed by atoms with Crippen LogP contribution in [0.25, 0.3) is 0 Å². The summed E-state index contributed by atoms with van der Waals surface area (Å²) in [6.45, 7) is 4.10. The van der Waals surface area contributed by atoms with E-state index in [9.17, 15) is 0 Å². The molecular weight excluding hydrogens is 266 g/mol. The Hall–Kier alpha value is 0.160. The highest BCUT2D eigenvalue weighted by Gasteiger charge is 2.36. The van der Waals surface area contributed by atoms with Gasteiger partial charge < -0.3 is 15.2 Å². The number of hydrogen-bond acceptors (Lipinski definition) is 5. The predicted octanol–water partition coefficient (Wildman–Crippen LogP) is 3.20. The molecule has 1 rings (SSSR count). The summed E-state index contributed by atoms with van der Waals surface area (Å²) >= 11 is 4.06. The van der Waals surface area contributed by atoms with Gasteiger partial charge in [-0.25, -0.2) is 0 Å². The third-order valence-corrected chi connectivity index (χ3v) is 6.60. The van der Waals surface area contributed by atoms with Gasteiger partial charge in [0.05, 0.1) is 4.08 Å². The summed E-state index contributed by atoms with van der Waals surface area (Å²) in [6, 6.07) is 0. The highest BCUT2D eigenvalue weighted by Crippen LogP contribution is 2.49. The quantitative estimate of drug-likeness (QED) is 0.761. The van der Waals surface area contributed by atoms with Gasteiger partial charge in [-0.15, -0.1) is 23.5 Å². The van der Waals surface area contributed by atoms with Gasteiger partial charge in [0, 0.05) is 26.3 Å². The molecular formula is C13H25NO2S2. The van der Waals surface area contributed by atoms with Crippen LogP contribution in [0.5, 0.6) is 0 Å². The normalized spacial score (nSPS) is 20.9. The van der Waals surface area contributed by atoms with Crippen LogP contribution < -0.4 is 5.73 Å². The lowest BCUT2D eigenvalue weighted by molar-refractivity contribution is -0.107. The minimum absolute atomic E-state index is 0.131. The summed E-state index contributed by atoms with van der Waals surface area (Å²) in [5.41, 5.74) is 8.12. The maximum Gasteiger partial charge on any atom is 0.158 e. The number of methoxy groups -OCH3 is 2. The molecule has 1 saturated heterocycles. The summed E-state index contributed by atoms with van der Waals surface area (Å²) in [5, 5.41) is 0. The summed E-state index contributed by atoms with van der Waals surface area (Å²) in [7, 11) is 3.41. The van der Waals surface area contributed by atoms with Crippen LogP contribution in [-0.4, -0.2) is 36.1 Å². The molecule has 0 aromatic heterocycles. The zero-order chi connectivity index (χ0) is 13.6. The highest BCUT2D eigenvalue weighted by atomic mass is 32.2. The van der Waals surface area contributed by atoms with Crippen molar-refractivity contribution in [2.45, 2.75) is 43.5 Å². The van der Waals surface area contributed by atoms with Crippen molar-refractivity contribution in [2.24, 2.45) is 5.73 Å². The molecule has 1 heterocycles. The first-order valence-electron chi connectivity index (χ1n) is 6.28. The van der Waals surface area contributed by atoms with Crippen molar-refractivity contribution in [2.75, 3.05) is 25.7 Å². The zero-order valence-electron chi connectivity index (χ0n) is 11.8. The fourth-order valence-corrected chi connectivity index (χ4v) is 5.45. The number of rotatable bonds is 6. The second-order valence-electron chi connectivity index (χ2n) is 4.71. The summed E-state index contributed by atoms with van der Waals surface area (Å²) in [6.07, 6.45) is 3.06. The van der Waals surface area contributed by atoms with Crippen molar-refractivity contribution >= 4 is 23.5 Å². The van der Waals surface area contributed by atoms with E-state index in [4.69, 9.17) is 15.2 Å². The Balaban J connectivity index is 2.78. The number of hydrogen-bond donors (Lipinski definition) is 1. The van der Waals surface area contributed by atoms with Crippen LogP contribution in [0.15, 0.2) is 11.3 Å². The largest absolute Gasteiger partial charge is 0.402 e. The number of ether oxygens (including phenoxy) is 2. The van der Waals surface area contributed by atoms with Gasteiger partial charge in [-0.3, -0.25) is 0 Å². The monoisotopic (exact) mass is 291 g/mol. The van der Waals surface area contributed by atoms with E-state index in [0.29, 0.717) is 0 Å². The molecule has 18 heavy (non-hydrogen) atoms. The van der Waals surface area contributed by atoms with Gasteiger partial charge in [0.15, 0.2) is 6.29 Å². The van der Waals surface area contributed by atoms with Crippen molar-refractivity contribution in [3.05, 3.63) is 11.3 Å². The molecule has 0 amide bonds. The maximum absolute atomic E-state index is 5.91. The van der Waals surface area contributed by atoms with Gasteiger partial charge >= 0.3 is 0 Å². The van der Waals surface area contributed by atoms with E-state index in [2.05, 4.69) is 6.92 Å².